The van der Waals surface area contributed by atoms with E-state index >= 15 is 0 Å². The zero-order valence-corrected chi connectivity index (χ0v) is 13.0. The Morgan fingerprint density at radius 3 is 2.38 bits per heavy atom. The summed E-state index contributed by atoms with van der Waals surface area (Å²) in [4.78, 5) is 28.9. The Labute approximate surface area is 125 Å². The van der Waals surface area contributed by atoms with Gasteiger partial charge in [0.2, 0.25) is 0 Å². The maximum Gasteiger partial charge on any atom is 0.334 e. The van der Waals surface area contributed by atoms with Crippen LogP contribution in [0.15, 0.2) is 0 Å². The van der Waals surface area contributed by atoms with E-state index in [-0.39, 0.29) is 12.6 Å². The molecule has 1 aliphatic rings. The summed E-state index contributed by atoms with van der Waals surface area (Å²) in [7, 11) is 5.39. The van der Waals surface area contributed by atoms with Crippen LogP contribution in [0.5, 0.6) is 0 Å². The van der Waals surface area contributed by atoms with Gasteiger partial charge in [0, 0.05) is 46.4 Å². The topological polar surface area (TPSA) is 85.4 Å². The van der Waals surface area contributed by atoms with Crippen LogP contribution < -0.4 is 5.32 Å². The Bertz CT molecular complexity index is 343. The van der Waals surface area contributed by atoms with Gasteiger partial charge in [-0.25, -0.2) is 9.59 Å². The molecule has 0 radical (unpaired) electrons. The predicted octanol–water partition coefficient (Wildman–Crippen LogP) is -1.03. The number of carboxylic acid groups (broad SMARTS) is 1. The number of rotatable bonds is 7. The molecule has 1 saturated heterocycles. The zero-order chi connectivity index (χ0) is 15.8. The van der Waals surface area contributed by atoms with Gasteiger partial charge in [-0.1, -0.05) is 0 Å². The number of carbonyl (C=O) groups excluding carboxylic acids is 1. The molecule has 0 aromatic heterocycles. The first kappa shape index (κ1) is 17.7. The van der Waals surface area contributed by atoms with Crippen LogP contribution in [0.1, 0.15) is 0 Å². The summed E-state index contributed by atoms with van der Waals surface area (Å²) in [6.07, 6.45) is -1.00. The lowest BCUT2D eigenvalue weighted by molar-refractivity contribution is -0.148. The number of likely N-dealkylation sites (N-methyl/N-ethyl adjacent to an activating group) is 1. The third-order valence-corrected chi connectivity index (χ3v) is 3.52. The minimum absolute atomic E-state index is 0.0223. The molecule has 8 heteroatoms. The van der Waals surface area contributed by atoms with Gasteiger partial charge in [-0.3, -0.25) is 4.90 Å². The fraction of sp³-hybridized carbons (Fsp3) is 0.846. The number of ether oxygens (including phenoxy) is 1. The van der Waals surface area contributed by atoms with Crippen molar-refractivity contribution in [3.63, 3.8) is 0 Å². The Balaban J connectivity index is 2.27. The molecule has 0 spiro atoms. The average molecular weight is 302 g/mol. The first-order valence-electron chi connectivity index (χ1n) is 7.09. The molecule has 0 aromatic carbocycles. The zero-order valence-electron chi connectivity index (χ0n) is 13.0. The molecule has 1 atom stereocenters. The number of carbonyl (C=O) groups is 2. The molecule has 8 nitrogen and oxygen atoms in total. The number of hydrogen-bond donors (Lipinski definition) is 2. The number of nitrogens with zero attached hydrogens (tertiary/aromatic N) is 3. The molecule has 1 fully saturated rings. The molecule has 122 valence electrons. The first-order chi connectivity index (χ1) is 9.93. The molecule has 2 N–H and O–H groups in total. The lowest BCUT2D eigenvalue weighted by Gasteiger charge is -2.35. The smallest absolute Gasteiger partial charge is 0.334 e. The molecule has 0 aliphatic carbocycles. The second kappa shape index (κ2) is 8.81. The maximum atomic E-state index is 12.0. The summed E-state index contributed by atoms with van der Waals surface area (Å²) in [5.41, 5.74) is 0. The summed E-state index contributed by atoms with van der Waals surface area (Å²) in [6.45, 7) is 4.97. The van der Waals surface area contributed by atoms with E-state index in [9.17, 15) is 9.59 Å². The van der Waals surface area contributed by atoms with Gasteiger partial charge >= 0.3 is 12.0 Å². The third-order valence-electron chi connectivity index (χ3n) is 3.52. The van der Waals surface area contributed by atoms with Crippen LogP contribution in [0.25, 0.3) is 0 Å². The Hall–Kier alpha value is -1.38. The van der Waals surface area contributed by atoms with Crippen molar-refractivity contribution in [1.82, 2.24) is 20.0 Å². The van der Waals surface area contributed by atoms with E-state index in [2.05, 4.69) is 15.1 Å². The highest BCUT2D eigenvalue weighted by Gasteiger charge is 2.23. The van der Waals surface area contributed by atoms with Crippen molar-refractivity contribution in [3.05, 3.63) is 0 Å². The lowest BCUT2D eigenvalue weighted by atomic mass is 10.3. The molecule has 1 rings (SSSR count). The van der Waals surface area contributed by atoms with Gasteiger partial charge < -0.3 is 25.0 Å². The van der Waals surface area contributed by atoms with Crippen LogP contribution in [0.2, 0.25) is 0 Å². The number of nitrogens with one attached hydrogen (secondary N) is 1. The molecule has 1 unspecified atom stereocenters. The Morgan fingerprint density at radius 2 is 1.90 bits per heavy atom. The fourth-order valence-corrected chi connectivity index (χ4v) is 2.08. The second-order valence-electron chi connectivity index (χ2n) is 5.38. The van der Waals surface area contributed by atoms with Crippen LogP contribution >= 0.6 is 0 Å². The molecule has 21 heavy (non-hydrogen) atoms. The maximum absolute atomic E-state index is 12.0. The van der Waals surface area contributed by atoms with Crippen molar-refractivity contribution in [2.75, 3.05) is 67.0 Å². The number of hydrogen-bond acceptors (Lipinski definition) is 5. The number of methoxy groups -OCH3 is 1. The van der Waals surface area contributed by atoms with Crippen molar-refractivity contribution in [2.24, 2.45) is 0 Å². The number of urea groups is 1. The predicted molar refractivity (Wildman–Crippen MR) is 78.4 cm³/mol. The lowest BCUT2D eigenvalue weighted by Crippen LogP contribution is -2.53. The number of carboxylic acids is 1. The van der Waals surface area contributed by atoms with Crippen LogP contribution in [0.3, 0.4) is 0 Å². The second-order valence-corrected chi connectivity index (χ2v) is 5.38. The molecular weight excluding hydrogens is 276 g/mol. The summed E-state index contributed by atoms with van der Waals surface area (Å²) in [5.74, 6) is -1.08. The molecule has 1 aliphatic heterocycles. The Morgan fingerprint density at radius 1 is 1.29 bits per heavy atom. The normalized spacial score (nSPS) is 17.8. The minimum atomic E-state index is -1.08. The standard InChI is InChI=1S/C13H26N4O4/c1-15(2)4-5-16-6-8-17(9-7-16)13(20)14-10-11(21-3)12(18)19/h11H,4-10H2,1-3H3,(H,14,20)(H,18,19). The minimum Gasteiger partial charge on any atom is -0.479 e. The highest BCUT2D eigenvalue weighted by molar-refractivity contribution is 5.77. The summed E-state index contributed by atoms with van der Waals surface area (Å²) >= 11 is 0. The summed E-state index contributed by atoms with van der Waals surface area (Å²) < 4.78 is 4.78. The van der Waals surface area contributed by atoms with Gasteiger partial charge in [-0.05, 0) is 14.1 Å². The Kier molecular flexibility index (Phi) is 7.41. The molecular formula is C13H26N4O4. The van der Waals surface area contributed by atoms with E-state index in [1.165, 1.54) is 7.11 Å². The summed E-state index contributed by atoms with van der Waals surface area (Å²) in [6, 6.07) is -0.231. The van der Waals surface area contributed by atoms with Crippen molar-refractivity contribution in [3.8, 4) is 0 Å². The number of aliphatic carboxylic acids is 1. The van der Waals surface area contributed by atoms with Gasteiger partial charge in [0.25, 0.3) is 0 Å². The average Bonchev–Trinajstić information content (AvgIpc) is 2.45. The molecule has 0 bridgehead atoms. The van der Waals surface area contributed by atoms with E-state index in [0.29, 0.717) is 13.1 Å². The van der Waals surface area contributed by atoms with E-state index < -0.39 is 12.1 Å². The van der Waals surface area contributed by atoms with E-state index in [4.69, 9.17) is 9.84 Å². The van der Waals surface area contributed by atoms with E-state index in [1.807, 2.05) is 14.1 Å². The van der Waals surface area contributed by atoms with Gasteiger partial charge in [0.15, 0.2) is 6.10 Å². The van der Waals surface area contributed by atoms with Gasteiger partial charge in [0.05, 0.1) is 6.54 Å². The first-order valence-corrected chi connectivity index (χ1v) is 7.09. The number of amides is 2. The van der Waals surface area contributed by atoms with Crippen LogP contribution in [-0.4, -0.2) is 105 Å². The third kappa shape index (κ3) is 6.28. The van der Waals surface area contributed by atoms with Gasteiger partial charge in [0.1, 0.15) is 0 Å². The van der Waals surface area contributed by atoms with Crippen molar-refractivity contribution in [1.29, 1.82) is 0 Å². The highest BCUT2D eigenvalue weighted by Crippen LogP contribution is 2.02. The van der Waals surface area contributed by atoms with E-state index in [0.717, 1.165) is 26.2 Å². The van der Waals surface area contributed by atoms with Crippen LogP contribution in [-0.2, 0) is 9.53 Å². The quantitative estimate of drug-likeness (QED) is 0.626. The molecule has 0 aromatic rings. The van der Waals surface area contributed by atoms with Gasteiger partial charge in [-0.15, -0.1) is 0 Å². The van der Waals surface area contributed by atoms with Crippen LogP contribution in [0.4, 0.5) is 4.79 Å². The van der Waals surface area contributed by atoms with Gasteiger partial charge in [-0.2, -0.15) is 0 Å². The largest absolute Gasteiger partial charge is 0.479 e. The van der Waals surface area contributed by atoms with Crippen LogP contribution in [0, 0.1) is 0 Å². The fourth-order valence-electron chi connectivity index (χ4n) is 2.08. The summed E-state index contributed by atoms with van der Waals surface area (Å²) in [5, 5.41) is 11.4. The highest BCUT2D eigenvalue weighted by atomic mass is 16.5. The van der Waals surface area contributed by atoms with E-state index in [1.54, 1.807) is 4.90 Å². The van der Waals surface area contributed by atoms with Crippen molar-refractivity contribution >= 4 is 12.0 Å². The molecule has 2 amide bonds. The molecule has 0 saturated carbocycles. The monoisotopic (exact) mass is 302 g/mol. The molecule has 1 heterocycles. The SMILES string of the molecule is COC(CNC(=O)N1CCN(CCN(C)C)CC1)C(=O)O. The number of piperazine rings is 1. The van der Waals surface area contributed by atoms with Crippen molar-refractivity contribution in [2.45, 2.75) is 6.10 Å². The van der Waals surface area contributed by atoms with Crippen molar-refractivity contribution < 1.29 is 19.4 Å².